The van der Waals surface area contributed by atoms with Crippen molar-refractivity contribution in [3.8, 4) is 11.6 Å². The molecule has 0 spiro atoms. The van der Waals surface area contributed by atoms with Crippen LogP contribution in [0.3, 0.4) is 0 Å². The Morgan fingerprint density at radius 1 is 1.26 bits per heavy atom. The summed E-state index contributed by atoms with van der Waals surface area (Å²) in [4.78, 5) is 13.0. The standard InChI is InChI=1S/C14H18N4O/c1-9(2)12-17-13(15-4)10(3)14(18-12)19-11-6-5-7-16-8-11/h5-9H,1-4H3,(H,15,17,18). The molecular formula is C14H18N4O. The second-order valence-corrected chi connectivity index (χ2v) is 4.56. The Hall–Kier alpha value is -2.17. The van der Waals surface area contributed by atoms with Gasteiger partial charge in [0.05, 0.1) is 11.8 Å². The molecule has 0 saturated carbocycles. The van der Waals surface area contributed by atoms with E-state index in [2.05, 4.69) is 34.1 Å². The second kappa shape index (κ2) is 5.65. The van der Waals surface area contributed by atoms with Crippen molar-refractivity contribution >= 4 is 5.82 Å². The van der Waals surface area contributed by atoms with Crippen molar-refractivity contribution in [2.24, 2.45) is 0 Å². The molecule has 0 saturated heterocycles. The highest BCUT2D eigenvalue weighted by molar-refractivity contribution is 5.49. The average molecular weight is 258 g/mol. The van der Waals surface area contributed by atoms with E-state index in [-0.39, 0.29) is 5.92 Å². The zero-order valence-corrected chi connectivity index (χ0v) is 11.6. The van der Waals surface area contributed by atoms with Gasteiger partial charge in [-0.25, -0.2) is 4.98 Å². The van der Waals surface area contributed by atoms with E-state index in [1.807, 2.05) is 26.1 Å². The molecule has 0 aliphatic rings. The Morgan fingerprint density at radius 3 is 2.63 bits per heavy atom. The molecule has 19 heavy (non-hydrogen) atoms. The molecule has 2 aromatic heterocycles. The summed E-state index contributed by atoms with van der Waals surface area (Å²) in [6.07, 6.45) is 3.37. The molecule has 0 aromatic carbocycles. The van der Waals surface area contributed by atoms with Gasteiger partial charge < -0.3 is 10.1 Å². The monoisotopic (exact) mass is 258 g/mol. The third-order valence-corrected chi connectivity index (χ3v) is 2.72. The van der Waals surface area contributed by atoms with Crippen LogP contribution in [0.2, 0.25) is 0 Å². The summed E-state index contributed by atoms with van der Waals surface area (Å²) < 4.78 is 5.79. The Bertz CT molecular complexity index is 555. The molecule has 0 radical (unpaired) electrons. The van der Waals surface area contributed by atoms with E-state index in [1.165, 1.54) is 0 Å². The number of nitrogens with zero attached hydrogens (tertiary/aromatic N) is 3. The molecule has 2 heterocycles. The SMILES string of the molecule is CNc1nc(C(C)C)nc(Oc2cccnc2)c1C. The summed E-state index contributed by atoms with van der Waals surface area (Å²) in [6, 6.07) is 3.68. The lowest BCUT2D eigenvalue weighted by molar-refractivity contribution is 0.451. The molecule has 0 atom stereocenters. The second-order valence-electron chi connectivity index (χ2n) is 4.56. The van der Waals surface area contributed by atoms with Crippen molar-refractivity contribution in [2.45, 2.75) is 26.7 Å². The van der Waals surface area contributed by atoms with E-state index in [0.717, 1.165) is 17.2 Å². The van der Waals surface area contributed by atoms with Crippen LogP contribution in [0.1, 0.15) is 31.2 Å². The lowest BCUT2D eigenvalue weighted by atomic mass is 10.2. The molecular weight excluding hydrogens is 240 g/mol. The lowest BCUT2D eigenvalue weighted by Gasteiger charge is -2.14. The number of hydrogen-bond acceptors (Lipinski definition) is 5. The van der Waals surface area contributed by atoms with Gasteiger partial charge in [0.1, 0.15) is 17.4 Å². The van der Waals surface area contributed by atoms with Gasteiger partial charge in [-0.05, 0) is 19.1 Å². The highest BCUT2D eigenvalue weighted by Gasteiger charge is 2.14. The maximum atomic E-state index is 5.79. The summed E-state index contributed by atoms with van der Waals surface area (Å²) in [6.45, 7) is 6.04. The molecule has 0 unspecified atom stereocenters. The molecule has 0 bridgehead atoms. The van der Waals surface area contributed by atoms with Gasteiger partial charge in [0.2, 0.25) is 5.88 Å². The first-order valence-electron chi connectivity index (χ1n) is 6.26. The van der Waals surface area contributed by atoms with Crippen LogP contribution in [0.15, 0.2) is 24.5 Å². The predicted molar refractivity (Wildman–Crippen MR) is 74.7 cm³/mol. The highest BCUT2D eigenvalue weighted by Crippen LogP contribution is 2.28. The summed E-state index contributed by atoms with van der Waals surface area (Å²) >= 11 is 0. The third kappa shape index (κ3) is 2.99. The fraction of sp³-hybridized carbons (Fsp3) is 0.357. The first-order valence-corrected chi connectivity index (χ1v) is 6.26. The fourth-order valence-electron chi connectivity index (χ4n) is 1.63. The summed E-state index contributed by atoms with van der Waals surface area (Å²) in [7, 11) is 1.84. The van der Waals surface area contributed by atoms with Crippen LogP contribution in [0.25, 0.3) is 0 Å². The summed E-state index contributed by atoms with van der Waals surface area (Å²) in [5.41, 5.74) is 0.885. The number of pyridine rings is 1. The Morgan fingerprint density at radius 2 is 2.05 bits per heavy atom. The molecule has 0 aliphatic heterocycles. The number of anilines is 1. The number of nitrogens with one attached hydrogen (secondary N) is 1. The van der Waals surface area contributed by atoms with Gasteiger partial charge in [0, 0.05) is 19.2 Å². The Balaban J connectivity index is 2.41. The normalized spacial score (nSPS) is 10.6. The number of aromatic nitrogens is 3. The van der Waals surface area contributed by atoms with Gasteiger partial charge in [-0.1, -0.05) is 13.8 Å². The molecule has 5 heteroatoms. The van der Waals surface area contributed by atoms with Gasteiger partial charge >= 0.3 is 0 Å². The minimum Gasteiger partial charge on any atom is -0.437 e. The van der Waals surface area contributed by atoms with E-state index in [1.54, 1.807) is 12.4 Å². The van der Waals surface area contributed by atoms with Gasteiger partial charge in [-0.2, -0.15) is 4.98 Å². The maximum Gasteiger partial charge on any atom is 0.227 e. The van der Waals surface area contributed by atoms with Crippen LogP contribution in [0.4, 0.5) is 5.82 Å². The van der Waals surface area contributed by atoms with Gasteiger partial charge in [0.25, 0.3) is 0 Å². The topological polar surface area (TPSA) is 59.9 Å². The molecule has 1 N–H and O–H groups in total. The fourth-order valence-corrected chi connectivity index (χ4v) is 1.63. The van der Waals surface area contributed by atoms with Crippen LogP contribution >= 0.6 is 0 Å². The van der Waals surface area contributed by atoms with Crippen LogP contribution in [-0.4, -0.2) is 22.0 Å². The predicted octanol–water partition coefficient (Wildman–Crippen LogP) is 3.14. The molecule has 0 fully saturated rings. The summed E-state index contributed by atoms with van der Waals surface area (Å²) in [5, 5.41) is 3.07. The van der Waals surface area contributed by atoms with Gasteiger partial charge in [-0.3, -0.25) is 4.98 Å². The molecule has 5 nitrogen and oxygen atoms in total. The first-order chi connectivity index (χ1) is 9.11. The van der Waals surface area contributed by atoms with Crippen molar-refractivity contribution in [3.63, 3.8) is 0 Å². The van der Waals surface area contributed by atoms with Crippen molar-refractivity contribution in [1.82, 2.24) is 15.0 Å². The van der Waals surface area contributed by atoms with Crippen molar-refractivity contribution < 1.29 is 4.74 Å². The van der Waals surface area contributed by atoms with Crippen LogP contribution in [-0.2, 0) is 0 Å². The molecule has 2 rings (SSSR count). The van der Waals surface area contributed by atoms with Crippen molar-refractivity contribution in [1.29, 1.82) is 0 Å². The van der Waals surface area contributed by atoms with E-state index in [4.69, 9.17) is 4.74 Å². The van der Waals surface area contributed by atoms with Gasteiger partial charge in [-0.15, -0.1) is 0 Å². The lowest BCUT2D eigenvalue weighted by Crippen LogP contribution is -2.06. The zero-order chi connectivity index (χ0) is 13.8. The highest BCUT2D eigenvalue weighted by atomic mass is 16.5. The van der Waals surface area contributed by atoms with Crippen molar-refractivity contribution in [3.05, 3.63) is 35.9 Å². The number of ether oxygens (including phenoxy) is 1. The zero-order valence-electron chi connectivity index (χ0n) is 11.6. The minimum atomic E-state index is 0.240. The maximum absolute atomic E-state index is 5.79. The molecule has 0 aliphatic carbocycles. The quantitative estimate of drug-likeness (QED) is 0.912. The molecule has 2 aromatic rings. The molecule has 0 amide bonds. The number of rotatable bonds is 4. The largest absolute Gasteiger partial charge is 0.437 e. The van der Waals surface area contributed by atoms with E-state index < -0.39 is 0 Å². The van der Waals surface area contributed by atoms with Crippen LogP contribution in [0, 0.1) is 6.92 Å². The Labute approximate surface area is 113 Å². The minimum absolute atomic E-state index is 0.240. The van der Waals surface area contributed by atoms with E-state index >= 15 is 0 Å². The van der Waals surface area contributed by atoms with E-state index in [9.17, 15) is 0 Å². The first kappa shape index (κ1) is 13.3. The summed E-state index contributed by atoms with van der Waals surface area (Å²) in [5.74, 6) is 3.02. The average Bonchev–Trinajstić information content (AvgIpc) is 2.42. The third-order valence-electron chi connectivity index (χ3n) is 2.72. The Kier molecular flexibility index (Phi) is 3.94. The number of hydrogen-bond donors (Lipinski definition) is 1. The smallest absolute Gasteiger partial charge is 0.227 e. The van der Waals surface area contributed by atoms with E-state index in [0.29, 0.717) is 11.6 Å². The van der Waals surface area contributed by atoms with Crippen molar-refractivity contribution in [2.75, 3.05) is 12.4 Å². The molecule has 100 valence electrons. The van der Waals surface area contributed by atoms with Crippen LogP contribution in [0.5, 0.6) is 11.6 Å². The van der Waals surface area contributed by atoms with Gasteiger partial charge in [0.15, 0.2) is 0 Å². The van der Waals surface area contributed by atoms with Crippen LogP contribution < -0.4 is 10.1 Å².